The van der Waals surface area contributed by atoms with Gasteiger partial charge in [-0.15, -0.1) is 0 Å². The first kappa shape index (κ1) is 5.40. The van der Waals surface area contributed by atoms with Crippen molar-refractivity contribution in [3.8, 4) is 0 Å². The fourth-order valence-corrected chi connectivity index (χ4v) is 0.526. The Hall–Kier alpha value is -0.735. The lowest BCUT2D eigenvalue weighted by Gasteiger charge is -2.16. The molecule has 0 unspecified atom stereocenters. The van der Waals surface area contributed by atoms with Crippen LogP contribution in [0.1, 0.15) is 0 Å². The SMILES string of the molecule is NB1C=CC=CN1N. The number of allylic oxidation sites excluding steroid dienone is 2. The Morgan fingerprint density at radius 1 is 1.38 bits per heavy atom. The maximum atomic E-state index is 5.44. The van der Waals surface area contributed by atoms with Crippen LogP contribution in [0.2, 0.25) is 0 Å². The smallest absolute Gasteiger partial charge is 0.346 e. The van der Waals surface area contributed by atoms with Crippen LogP contribution in [0.5, 0.6) is 0 Å². The second-order valence-electron chi connectivity index (χ2n) is 1.66. The van der Waals surface area contributed by atoms with Gasteiger partial charge in [0.05, 0.1) is 0 Å². The first-order chi connectivity index (χ1) is 3.80. The molecule has 0 aromatic rings. The molecule has 0 amide bonds. The first-order valence-corrected chi connectivity index (χ1v) is 2.44. The van der Waals surface area contributed by atoms with Gasteiger partial charge < -0.3 is 10.6 Å². The van der Waals surface area contributed by atoms with E-state index in [9.17, 15) is 0 Å². The Labute approximate surface area is 48.7 Å². The maximum absolute atomic E-state index is 5.44. The zero-order valence-electron chi connectivity index (χ0n) is 4.49. The number of nitrogens with two attached hydrogens (primary N) is 2. The van der Waals surface area contributed by atoms with Gasteiger partial charge in [0, 0.05) is 6.20 Å². The molecular formula is C4H8BN3. The standard InChI is InChI=1S/C4H8BN3/c6-5-3-1-2-4-8(5)7/h1-4H,6-7H2. The largest absolute Gasteiger partial charge is 0.380 e. The molecule has 3 nitrogen and oxygen atoms in total. The van der Waals surface area contributed by atoms with Gasteiger partial charge in [0.15, 0.2) is 0 Å². The van der Waals surface area contributed by atoms with Crippen molar-refractivity contribution in [1.29, 1.82) is 0 Å². The molecular weight excluding hydrogens is 101 g/mol. The normalized spacial score (nSPS) is 17.8. The number of hydrazine groups is 1. The molecule has 0 aromatic heterocycles. The van der Waals surface area contributed by atoms with Crippen LogP contribution in [0.25, 0.3) is 0 Å². The zero-order chi connectivity index (χ0) is 5.98. The van der Waals surface area contributed by atoms with E-state index in [-0.39, 0.29) is 6.98 Å². The van der Waals surface area contributed by atoms with Gasteiger partial charge in [-0.25, -0.2) is 0 Å². The molecule has 8 heavy (non-hydrogen) atoms. The number of hydrogen-bond donors (Lipinski definition) is 2. The van der Waals surface area contributed by atoms with Crippen LogP contribution in [-0.2, 0) is 0 Å². The van der Waals surface area contributed by atoms with E-state index in [1.165, 1.54) is 4.92 Å². The molecule has 0 bridgehead atoms. The number of nitrogens with zero attached hydrogens (tertiary/aromatic N) is 1. The van der Waals surface area contributed by atoms with Crippen LogP contribution in [0.15, 0.2) is 24.3 Å². The van der Waals surface area contributed by atoms with Crippen LogP contribution >= 0.6 is 0 Å². The second-order valence-corrected chi connectivity index (χ2v) is 1.66. The van der Waals surface area contributed by atoms with Crippen molar-refractivity contribution < 1.29 is 0 Å². The monoisotopic (exact) mass is 109 g/mol. The highest BCUT2D eigenvalue weighted by Crippen LogP contribution is 1.91. The predicted octanol–water partition coefficient (Wildman–Crippen LogP) is -0.768. The average Bonchev–Trinajstić information content (AvgIpc) is 1.77. The van der Waals surface area contributed by atoms with Gasteiger partial charge in [-0.2, -0.15) is 0 Å². The molecule has 4 N–H and O–H groups in total. The minimum atomic E-state index is -0.153. The Kier molecular flexibility index (Phi) is 1.37. The quantitative estimate of drug-likeness (QED) is 0.317. The lowest BCUT2D eigenvalue weighted by molar-refractivity contribution is 0.617. The van der Waals surface area contributed by atoms with E-state index >= 15 is 0 Å². The Balaban J connectivity index is 2.59. The fraction of sp³-hybridized carbons (Fsp3) is 0. The van der Waals surface area contributed by atoms with Crippen molar-refractivity contribution in [3.05, 3.63) is 24.3 Å². The zero-order valence-corrected chi connectivity index (χ0v) is 4.49. The summed E-state index contributed by atoms with van der Waals surface area (Å²) in [6.07, 6.45) is 5.43. The maximum Gasteiger partial charge on any atom is 0.380 e. The summed E-state index contributed by atoms with van der Waals surface area (Å²) in [4.78, 5) is 1.44. The van der Waals surface area contributed by atoms with Crippen molar-refractivity contribution in [2.75, 3.05) is 0 Å². The summed E-state index contributed by atoms with van der Waals surface area (Å²) in [6, 6.07) is 0. The summed E-state index contributed by atoms with van der Waals surface area (Å²) in [6.45, 7) is -0.153. The molecule has 4 heteroatoms. The summed E-state index contributed by atoms with van der Waals surface area (Å²) >= 11 is 0. The van der Waals surface area contributed by atoms with E-state index in [1.54, 1.807) is 6.20 Å². The van der Waals surface area contributed by atoms with E-state index in [0.717, 1.165) is 0 Å². The third-order valence-corrected chi connectivity index (χ3v) is 1.02. The lowest BCUT2D eigenvalue weighted by Crippen LogP contribution is -2.47. The van der Waals surface area contributed by atoms with E-state index in [0.29, 0.717) is 0 Å². The molecule has 1 rings (SSSR count). The van der Waals surface area contributed by atoms with Crippen LogP contribution in [-0.4, -0.2) is 11.9 Å². The lowest BCUT2D eigenvalue weighted by atomic mass is 9.76. The molecule has 1 aliphatic rings. The molecule has 0 radical (unpaired) electrons. The van der Waals surface area contributed by atoms with Crippen molar-refractivity contribution in [2.24, 2.45) is 11.5 Å². The number of rotatable bonds is 0. The van der Waals surface area contributed by atoms with E-state index in [1.807, 2.05) is 18.1 Å². The molecule has 42 valence electrons. The highest BCUT2D eigenvalue weighted by atomic mass is 15.4. The summed E-state index contributed by atoms with van der Waals surface area (Å²) in [5.74, 6) is 7.17. The molecule has 1 aliphatic heterocycles. The second kappa shape index (κ2) is 2.02. The van der Waals surface area contributed by atoms with Crippen molar-refractivity contribution in [1.82, 2.24) is 4.92 Å². The number of hydrogen-bond acceptors (Lipinski definition) is 3. The van der Waals surface area contributed by atoms with Gasteiger partial charge in [-0.1, -0.05) is 12.1 Å². The van der Waals surface area contributed by atoms with Crippen LogP contribution < -0.4 is 11.5 Å². The third-order valence-electron chi connectivity index (χ3n) is 1.02. The minimum absolute atomic E-state index is 0.153. The van der Waals surface area contributed by atoms with Crippen molar-refractivity contribution in [2.45, 2.75) is 0 Å². The molecule has 0 spiro atoms. The highest BCUT2D eigenvalue weighted by Gasteiger charge is 2.09. The Bertz CT molecular complexity index is 115. The molecule has 0 saturated carbocycles. The van der Waals surface area contributed by atoms with Gasteiger partial charge in [0.25, 0.3) is 0 Å². The summed E-state index contributed by atoms with van der Waals surface area (Å²) in [7, 11) is 0. The highest BCUT2D eigenvalue weighted by molar-refractivity contribution is 6.58. The van der Waals surface area contributed by atoms with Crippen LogP contribution in [0.3, 0.4) is 0 Å². The molecule has 0 saturated heterocycles. The molecule has 0 aromatic carbocycles. The van der Waals surface area contributed by atoms with Crippen molar-refractivity contribution in [3.63, 3.8) is 0 Å². The molecule has 0 aliphatic carbocycles. The van der Waals surface area contributed by atoms with Crippen LogP contribution in [0.4, 0.5) is 0 Å². The van der Waals surface area contributed by atoms with Crippen molar-refractivity contribution >= 4 is 6.98 Å². The average molecular weight is 109 g/mol. The molecule has 0 fully saturated rings. The van der Waals surface area contributed by atoms with Gasteiger partial charge in [-0.05, 0) is 6.08 Å². The molecule has 0 atom stereocenters. The summed E-state index contributed by atoms with van der Waals surface area (Å²) < 4.78 is 0. The van der Waals surface area contributed by atoms with Gasteiger partial charge in [0.2, 0.25) is 0 Å². The molecule has 1 heterocycles. The summed E-state index contributed by atoms with van der Waals surface area (Å²) in [5.41, 5.74) is 5.44. The van der Waals surface area contributed by atoms with Gasteiger partial charge in [-0.3, -0.25) is 5.84 Å². The fourth-order valence-electron chi connectivity index (χ4n) is 0.526. The minimum Gasteiger partial charge on any atom is -0.346 e. The van der Waals surface area contributed by atoms with E-state index in [4.69, 9.17) is 11.5 Å². The first-order valence-electron chi connectivity index (χ1n) is 2.44. The van der Waals surface area contributed by atoms with E-state index < -0.39 is 0 Å². The Morgan fingerprint density at radius 2 is 2.12 bits per heavy atom. The topological polar surface area (TPSA) is 55.3 Å². The van der Waals surface area contributed by atoms with Crippen LogP contribution in [0, 0.1) is 0 Å². The summed E-state index contributed by atoms with van der Waals surface area (Å²) in [5, 5.41) is 0. The van der Waals surface area contributed by atoms with Gasteiger partial charge in [0.1, 0.15) is 0 Å². The van der Waals surface area contributed by atoms with Gasteiger partial charge >= 0.3 is 6.98 Å². The van der Waals surface area contributed by atoms with E-state index in [2.05, 4.69) is 0 Å². The predicted molar refractivity (Wildman–Crippen MR) is 34.2 cm³/mol. The third kappa shape index (κ3) is 0.909. The Morgan fingerprint density at radius 3 is 2.50 bits per heavy atom.